The summed E-state index contributed by atoms with van der Waals surface area (Å²) < 4.78 is 7.01. The molecule has 1 fully saturated rings. The van der Waals surface area contributed by atoms with Crippen LogP contribution >= 0.6 is 11.3 Å². The van der Waals surface area contributed by atoms with Crippen molar-refractivity contribution in [3.63, 3.8) is 0 Å². The third-order valence-corrected chi connectivity index (χ3v) is 6.65. The highest BCUT2D eigenvalue weighted by Crippen LogP contribution is 2.38. The van der Waals surface area contributed by atoms with Crippen molar-refractivity contribution in [2.45, 2.75) is 59.5 Å². The normalized spacial score (nSPS) is 15.1. The monoisotopic (exact) mass is 453 g/mol. The number of thiophene rings is 1. The Morgan fingerprint density at radius 1 is 1.31 bits per heavy atom. The van der Waals surface area contributed by atoms with Crippen molar-refractivity contribution in [3.8, 4) is 0 Å². The predicted octanol–water partition coefficient (Wildman–Crippen LogP) is 5.92. The summed E-state index contributed by atoms with van der Waals surface area (Å²) in [5.74, 6) is 1.58. The van der Waals surface area contributed by atoms with Crippen molar-refractivity contribution >= 4 is 43.4 Å². The Morgan fingerprint density at radius 3 is 2.75 bits per heavy atom. The zero-order valence-electron chi connectivity index (χ0n) is 19.7. The molecule has 0 amide bonds. The van der Waals surface area contributed by atoms with Crippen LogP contribution in [-0.2, 0) is 11.2 Å². The fourth-order valence-electron chi connectivity index (χ4n) is 4.03. The van der Waals surface area contributed by atoms with Crippen molar-refractivity contribution in [2.75, 3.05) is 30.3 Å². The van der Waals surface area contributed by atoms with E-state index in [1.807, 2.05) is 26.0 Å². The number of nitrogens with zero attached hydrogens (tertiary/aromatic N) is 4. The highest BCUT2D eigenvalue weighted by Gasteiger charge is 2.23. The number of aromatic nitrogens is 3. The lowest BCUT2D eigenvalue weighted by atomic mass is 10.0. The van der Waals surface area contributed by atoms with Crippen LogP contribution in [0.5, 0.6) is 0 Å². The molecule has 0 atom stereocenters. The standard InChI is InChI=1S/C23H29N5OS.C2H6/c1-4-6-15(3)13-29-17-8-10-28(11-9-17)18-12-16(7-5-2)19-20-21(30-23(19)27-18)22(24)26-14-25-20;1-2/h4,6,12,14,17H,1,5,7-11,13H2,2-3H3,(H2,24,25,26);1-2H3/b15-6+;. The predicted molar refractivity (Wildman–Crippen MR) is 138 cm³/mol. The van der Waals surface area contributed by atoms with Crippen LogP contribution in [0.4, 0.5) is 11.6 Å². The largest absolute Gasteiger partial charge is 0.382 e. The van der Waals surface area contributed by atoms with E-state index in [0.29, 0.717) is 18.5 Å². The van der Waals surface area contributed by atoms with Gasteiger partial charge in [-0.05, 0) is 43.4 Å². The molecule has 0 spiro atoms. The molecule has 1 saturated heterocycles. The maximum atomic E-state index is 6.11. The zero-order chi connectivity index (χ0) is 23.1. The first kappa shape index (κ1) is 24.1. The SMILES string of the molecule is C=C/C=C(\C)COC1CCN(c2cc(CCC)c3c(n2)sc2c(N)ncnc23)CC1.CC. The first-order valence-corrected chi connectivity index (χ1v) is 12.4. The van der Waals surface area contributed by atoms with Crippen LogP contribution in [-0.4, -0.2) is 40.8 Å². The van der Waals surface area contributed by atoms with Crippen molar-refractivity contribution in [3.05, 3.63) is 42.3 Å². The van der Waals surface area contributed by atoms with E-state index in [-0.39, 0.29) is 0 Å². The highest BCUT2D eigenvalue weighted by molar-refractivity contribution is 7.26. The van der Waals surface area contributed by atoms with Gasteiger partial charge in [0.1, 0.15) is 22.8 Å². The van der Waals surface area contributed by atoms with Gasteiger partial charge in [-0.25, -0.2) is 15.0 Å². The van der Waals surface area contributed by atoms with Crippen molar-refractivity contribution in [1.29, 1.82) is 0 Å². The summed E-state index contributed by atoms with van der Waals surface area (Å²) in [5.41, 5.74) is 9.54. The molecule has 2 N–H and O–H groups in total. The van der Waals surface area contributed by atoms with E-state index in [1.165, 1.54) is 11.1 Å². The lowest BCUT2D eigenvalue weighted by Crippen LogP contribution is -2.37. The number of fused-ring (bicyclic) bond motifs is 3. The maximum Gasteiger partial charge on any atom is 0.144 e. The number of ether oxygens (including phenoxy) is 1. The molecule has 3 aromatic heterocycles. The van der Waals surface area contributed by atoms with Gasteiger partial charge in [-0.1, -0.05) is 45.9 Å². The number of nitrogens with two attached hydrogens (primary N) is 1. The number of hydrogen-bond donors (Lipinski definition) is 1. The molecule has 1 aliphatic heterocycles. The van der Waals surface area contributed by atoms with Gasteiger partial charge < -0.3 is 15.4 Å². The lowest BCUT2D eigenvalue weighted by molar-refractivity contribution is 0.0520. The fourth-order valence-corrected chi connectivity index (χ4v) is 5.10. The summed E-state index contributed by atoms with van der Waals surface area (Å²) in [6.07, 6.45) is 9.75. The zero-order valence-corrected chi connectivity index (χ0v) is 20.5. The Kier molecular flexibility index (Phi) is 8.59. The summed E-state index contributed by atoms with van der Waals surface area (Å²) in [7, 11) is 0. The number of pyridine rings is 1. The number of hydrogen-bond acceptors (Lipinski definition) is 7. The van der Waals surface area contributed by atoms with E-state index in [1.54, 1.807) is 17.7 Å². The molecule has 3 aromatic rings. The van der Waals surface area contributed by atoms with Crippen LogP contribution in [0, 0.1) is 0 Å². The van der Waals surface area contributed by atoms with Crippen LogP contribution in [0.25, 0.3) is 20.4 Å². The second-order valence-corrected chi connectivity index (χ2v) is 8.85. The Hall–Kier alpha value is -2.51. The highest BCUT2D eigenvalue weighted by atomic mass is 32.1. The molecular weight excluding hydrogens is 418 g/mol. The smallest absolute Gasteiger partial charge is 0.144 e. The number of allylic oxidation sites excluding steroid dienone is 2. The summed E-state index contributed by atoms with van der Waals surface area (Å²) in [4.78, 5) is 17.1. The van der Waals surface area contributed by atoms with Gasteiger partial charge in [0.05, 0.1) is 22.9 Å². The Balaban J connectivity index is 0.00000141. The molecule has 0 bridgehead atoms. The van der Waals surface area contributed by atoms with Gasteiger partial charge >= 0.3 is 0 Å². The van der Waals surface area contributed by atoms with Gasteiger partial charge in [0.15, 0.2) is 0 Å². The molecule has 4 rings (SSSR count). The van der Waals surface area contributed by atoms with Gasteiger partial charge in [-0.2, -0.15) is 0 Å². The third-order valence-electron chi connectivity index (χ3n) is 5.56. The number of anilines is 2. The van der Waals surface area contributed by atoms with Gasteiger partial charge in [0, 0.05) is 18.5 Å². The Labute approximate surface area is 195 Å². The van der Waals surface area contributed by atoms with E-state index in [2.05, 4.69) is 41.4 Å². The number of aryl methyl sites for hydroxylation is 1. The molecule has 0 saturated carbocycles. The Morgan fingerprint density at radius 2 is 2.06 bits per heavy atom. The second-order valence-electron chi connectivity index (χ2n) is 7.85. The molecule has 6 nitrogen and oxygen atoms in total. The quantitative estimate of drug-likeness (QED) is 0.448. The molecular formula is C25H35N5OS. The van der Waals surface area contributed by atoms with E-state index < -0.39 is 0 Å². The summed E-state index contributed by atoms with van der Waals surface area (Å²) in [5, 5.41) is 1.14. The van der Waals surface area contributed by atoms with Crippen molar-refractivity contribution in [2.24, 2.45) is 0 Å². The number of rotatable bonds is 7. The van der Waals surface area contributed by atoms with Gasteiger partial charge in [0.2, 0.25) is 0 Å². The summed E-state index contributed by atoms with van der Waals surface area (Å²) >= 11 is 1.60. The molecule has 4 heterocycles. The Bertz CT molecular complexity index is 1080. The molecule has 0 radical (unpaired) electrons. The van der Waals surface area contributed by atoms with Crippen molar-refractivity contribution < 1.29 is 4.74 Å². The topological polar surface area (TPSA) is 77.2 Å². The van der Waals surface area contributed by atoms with Gasteiger partial charge in [0.25, 0.3) is 0 Å². The van der Waals surface area contributed by atoms with Crippen LogP contribution in [0.2, 0.25) is 0 Å². The molecule has 1 aliphatic rings. The van der Waals surface area contributed by atoms with E-state index in [9.17, 15) is 0 Å². The minimum absolute atomic E-state index is 0.299. The minimum Gasteiger partial charge on any atom is -0.382 e. The van der Waals surface area contributed by atoms with Crippen LogP contribution in [0.1, 0.15) is 52.5 Å². The lowest BCUT2D eigenvalue weighted by Gasteiger charge is -2.33. The average molecular weight is 454 g/mol. The molecule has 0 unspecified atom stereocenters. The third kappa shape index (κ3) is 5.27. The van der Waals surface area contributed by atoms with Crippen LogP contribution < -0.4 is 10.6 Å². The minimum atomic E-state index is 0.299. The van der Waals surface area contributed by atoms with Crippen LogP contribution in [0.3, 0.4) is 0 Å². The summed E-state index contributed by atoms with van der Waals surface area (Å²) in [6, 6.07) is 2.24. The molecule has 7 heteroatoms. The van der Waals surface area contributed by atoms with Crippen molar-refractivity contribution in [1.82, 2.24) is 15.0 Å². The second kappa shape index (κ2) is 11.4. The van der Waals surface area contributed by atoms with E-state index in [0.717, 1.165) is 65.0 Å². The first-order chi connectivity index (χ1) is 15.6. The van der Waals surface area contributed by atoms with Crippen LogP contribution in [0.15, 0.2) is 36.7 Å². The molecule has 0 aliphatic carbocycles. The maximum absolute atomic E-state index is 6.11. The molecule has 32 heavy (non-hydrogen) atoms. The molecule has 172 valence electrons. The number of piperidine rings is 1. The summed E-state index contributed by atoms with van der Waals surface area (Å²) in [6.45, 7) is 14.6. The van der Waals surface area contributed by atoms with Gasteiger partial charge in [-0.15, -0.1) is 11.3 Å². The van der Waals surface area contributed by atoms with E-state index >= 15 is 0 Å². The first-order valence-electron chi connectivity index (χ1n) is 11.6. The van der Waals surface area contributed by atoms with Gasteiger partial charge in [-0.3, -0.25) is 0 Å². The average Bonchev–Trinajstić information content (AvgIpc) is 3.20. The molecule has 0 aromatic carbocycles. The van der Waals surface area contributed by atoms with E-state index in [4.69, 9.17) is 15.5 Å². The fraction of sp³-hybridized carbons (Fsp3) is 0.480. The number of nitrogen functional groups attached to an aromatic ring is 1.